The van der Waals surface area contributed by atoms with Crippen molar-refractivity contribution in [2.75, 3.05) is 5.75 Å². The van der Waals surface area contributed by atoms with Crippen molar-refractivity contribution in [2.45, 2.75) is 64.8 Å². The number of aliphatic hydroxyl groups is 1. The molecule has 2 atom stereocenters. The number of rotatable bonds is 7. The summed E-state index contributed by atoms with van der Waals surface area (Å²) in [7, 11) is 0. The fourth-order valence-electron chi connectivity index (χ4n) is 4.17. The number of nitrogens with zero attached hydrogens (tertiary/aromatic N) is 2. The van der Waals surface area contributed by atoms with Gasteiger partial charge < -0.3 is 9.66 Å². The van der Waals surface area contributed by atoms with Crippen LogP contribution in [0.4, 0.5) is 0 Å². The maximum atomic E-state index is 13.1. The first-order valence-corrected chi connectivity index (χ1v) is 11.9. The number of hydrogen-bond acceptors (Lipinski definition) is 5. The van der Waals surface area contributed by atoms with E-state index in [1.807, 2.05) is 6.92 Å². The van der Waals surface area contributed by atoms with Crippen LogP contribution in [-0.2, 0) is 28.8 Å². The summed E-state index contributed by atoms with van der Waals surface area (Å²) >= 11 is -1.26. The van der Waals surface area contributed by atoms with E-state index in [1.165, 1.54) is 5.56 Å². The van der Waals surface area contributed by atoms with Gasteiger partial charge in [-0.15, -0.1) is 0 Å². The van der Waals surface area contributed by atoms with Gasteiger partial charge in [0.05, 0.1) is 11.3 Å². The average Bonchev–Trinajstić information content (AvgIpc) is 2.72. The standard InChI is InChI=1S/C24H30N2O3S/c1-5-18-11-15(3)12-19(6-2)23(18)24-20(27)13-17(14-21(24)28)9-10-30(29)22-8-7-16(4)25-26-22/h7-8,11-12,17,27H,5-6,9-10,13-14H2,1-4H3. The van der Waals surface area contributed by atoms with Crippen LogP contribution in [0, 0.1) is 19.8 Å². The first-order chi connectivity index (χ1) is 14.3. The smallest absolute Gasteiger partial charge is 0.263 e. The van der Waals surface area contributed by atoms with Gasteiger partial charge in [-0.05, 0) is 61.8 Å². The molecule has 6 heteroatoms. The molecule has 1 aromatic carbocycles. The number of benzene rings is 1. The minimum Gasteiger partial charge on any atom is -0.610 e. The molecule has 1 aliphatic carbocycles. The SMILES string of the molecule is CCc1cc(C)cc(CC)c1C1=C(O)CC(CC[S+]([O-])c2ccc(C)nn2)CC1=O. The highest BCUT2D eigenvalue weighted by Gasteiger charge is 2.31. The topological polar surface area (TPSA) is 86.1 Å². The number of aromatic nitrogens is 2. The summed E-state index contributed by atoms with van der Waals surface area (Å²) in [5, 5.41) is 19.3. The second-order valence-electron chi connectivity index (χ2n) is 8.04. The normalized spacial score (nSPS) is 18.0. The zero-order chi connectivity index (χ0) is 21.8. The largest absolute Gasteiger partial charge is 0.610 e. The van der Waals surface area contributed by atoms with Gasteiger partial charge in [-0.1, -0.05) is 36.6 Å². The molecule has 0 bridgehead atoms. The molecule has 1 aliphatic rings. The number of allylic oxidation sites excluding steroid dienone is 2. The molecule has 0 saturated carbocycles. The maximum Gasteiger partial charge on any atom is 0.263 e. The van der Waals surface area contributed by atoms with E-state index >= 15 is 0 Å². The molecular weight excluding hydrogens is 396 g/mol. The highest BCUT2D eigenvalue weighted by atomic mass is 32.2. The first kappa shape index (κ1) is 22.5. The van der Waals surface area contributed by atoms with Crippen molar-refractivity contribution < 1.29 is 14.5 Å². The Morgan fingerprint density at radius 2 is 1.77 bits per heavy atom. The van der Waals surface area contributed by atoms with Gasteiger partial charge in [0.15, 0.2) is 5.78 Å². The summed E-state index contributed by atoms with van der Waals surface area (Å²) in [5.41, 5.74) is 5.59. The predicted octanol–water partition coefficient (Wildman–Crippen LogP) is 4.66. The number of aliphatic hydroxyl groups excluding tert-OH is 1. The van der Waals surface area contributed by atoms with Gasteiger partial charge in [-0.2, -0.15) is 5.10 Å². The molecule has 1 N–H and O–H groups in total. The second kappa shape index (κ2) is 9.75. The molecule has 1 heterocycles. The Hall–Kier alpha value is -2.18. The molecule has 160 valence electrons. The summed E-state index contributed by atoms with van der Waals surface area (Å²) in [6.45, 7) is 8.05. The van der Waals surface area contributed by atoms with E-state index in [9.17, 15) is 14.5 Å². The molecule has 0 fully saturated rings. The lowest BCUT2D eigenvalue weighted by Gasteiger charge is -2.26. The van der Waals surface area contributed by atoms with Gasteiger partial charge in [0.1, 0.15) is 11.5 Å². The number of hydrogen-bond donors (Lipinski definition) is 1. The highest BCUT2D eigenvalue weighted by molar-refractivity contribution is 7.91. The van der Waals surface area contributed by atoms with Crippen LogP contribution in [0.3, 0.4) is 0 Å². The lowest BCUT2D eigenvalue weighted by molar-refractivity contribution is -0.115. The van der Waals surface area contributed by atoms with Crippen molar-refractivity contribution in [1.82, 2.24) is 10.2 Å². The lowest BCUT2D eigenvalue weighted by Crippen LogP contribution is -2.23. The number of Topliss-reactive ketones (excluding diaryl/α,β-unsaturated/α-hetero) is 1. The molecule has 0 aliphatic heterocycles. The Bertz CT molecular complexity index is 928. The van der Waals surface area contributed by atoms with Gasteiger partial charge in [-0.25, -0.2) is 0 Å². The molecule has 5 nitrogen and oxygen atoms in total. The van der Waals surface area contributed by atoms with Crippen LogP contribution in [-0.4, -0.2) is 31.4 Å². The van der Waals surface area contributed by atoms with Gasteiger partial charge in [-0.3, -0.25) is 4.79 Å². The van der Waals surface area contributed by atoms with Crippen LogP contribution < -0.4 is 0 Å². The Morgan fingerprint density at radius 3 is 2.30 bits per heavy atom. The molecule has 0 radical (unpaired) electrons. The van der Waals surface area contributed by atoms with Crippen LogP contribution in [0.5, 0.6) is 0 Å². The van der Waals surface area contributed by atoms with Crippen molar-refractivity contribution >= 4 is 22.5 Å². The second-order valence-corrected chi connectivity index (χ2v) is 9.55. The molecule has 3 rings (SSSR count). The number of carbonyl (C=O) groups excluding carboxylic acids is 1. The van der Waals surface area contributed by atoms with Crippen LogP contribution in [0.2, 0.25) is 0 Å². The third kappa shape index (κ3) is 4.93. The summed E-state index contributed by atoms with van der Waals surface area (Å²) in [4.78, 5) is 13.1. The van der Waals surface area contributed by atoms with Gasteiger partial charge >= 0.3 is 0 Å². The molecule has 0 amide bonds. The summed E-state index contributed by atoms with van der Waals surface area (Å²) in [6.07, 6.45) is 3.04. The summed E-state index contributed by atoms with van der Waals surface area (Å²) < 4.78 is 12.5. The van der Waals surface area contributed by atoms with Crippen molar-refractivity contribution in [3.05, 3.63) is 58.0 Å². The Labute approximate surface area is 181 Å². The third-order valence-corrected chi connectivity index (χ3v) is 6.99. The number of carbonyl (C=O) groups is 1. The van der Waals surface area contributed by atoms with Crippen LogP contribution in [0.15, 0.2) is 35.1 Å². The predicted molar refractivity (Wildman–Crippen MR) is 120 cm³/mol. The fraction of sp³-hybridized carbons (Fsp3) is 0.458. The molecule has 2 aromatic rings. The Balaban J connectivity index is 1.78. The van der Waals surface area contributed by atoms with Crippen molar-refractivity contribution in [3.8, 4) is 0 Å². The Morgan fingerprint density at radius 1 is 1.10 bits per heavy atom. The van der Waals surface area contributed by atoms with E-state index in [-0.39, 0.29) is 17.5 Å². The minimum atomic E-state index is -1.26. The molecular formula is C24H30N2O3S. The first-order valence-electron chi connectivity index (χ1n) is 10.6. The summed E-state index contributed by atoms with van der Waals surface area (Å²) in [6, 6.07) is 7.75. The van der Waals surface area contributed by atoms with E-state index < -0.39 is 11.2 Å². The fourth-order valence-corrected chi connectivity index (χ4v) is 5.28. The quantitative estimate of drug-likeness (QED) is 0.651. The monoisotopic (exact) mass is 426 g/mol. The summed E-state index contributed by atoms with van der Waals surface area (Å²) in [5.74, 6) is 0.552. The van der Waals surface area contributed by atoms with E-state index in [1.54, 1.807) is 12.1 Å². The molecule has 30 heavy (non-hydrogen) atoms. The zero-order valence-electron chi connectivity index (χ0n) is 18.2. The van der Waals surface area contributed by atoms with Gasteiger partial charge in [0.25, 0.3) is 5.03 Å². The number of aryl methyl sites for hydroxylation is 4. The zero-order valence-corrected chi connectivity index (χ0v) is 19.0. The van der Waals surface area contributed by atoms with Crippen LogP contribution in [0.25, 0.3) is 5.57 Å². The average molecular weight is 427 g/mol. The molecule has 0 saturated heterocycles. The van der Waals surface area contributed by atoms with Crippen LogP contribution in [0.1, 0.15) is 61.1 Å². The highest BCUT2D eigenvalue weighted by Crippen LogP contribution is 2.37. The van der Waals surface area contributed by atoms with Crippen LogP contribution >= 0.6 is 0 Å². The molecule has 1 aromatic heterocycles. The Kier molecular flexibility index (Phi) is 7.32. The number of ketones is 1. The molecule has 0 spiro atoms. The third-order valence-electron chi connectivity index (χ3n) is 5.70. The molecule has 2 unspecified atom stereocenters. The van der Waals surface area contributed by atoms with Crippen molar-refractivity contribution in [2.24, 2.45) is 5.92 Å². The van der Waals surface area contributed by atoms with E-state index in [2.05, 4.69) is 43.1 Å². The van der Waals surface area contributed by atoms with Gasteiger partial charge in [0.2, 0.25) is 0 Å². The van der Waals surface area contributed by atoms with Crippen molar-refractivity contribution in [3.63, 3.8) is 0 Å². The van der Waals surface area contributed by atoms with E-state index in [4.69, 9.17) is 0 Å². The van der Waals surface area contributed by atoms with E-state index in [0.29, 0.717) is 35.6 Å². The minimum absolute atomic E-state index is 0.00999. The maximum absolute atomic E-state index is 13.1. The van der Waals surface area contributed by atoms with Crippen molar-refractivity contribution in [1.29, 1.82) is 0 Å². The lowest BCUT2D eigenvalue weighted by atomic mass is 9.79. The van der Waals surface area contributed by atoms with Gasteiger partial charge in [0, 0.05) is 30.1 Å². The van der Waals surface area contributed by atoms with E-state index in [0.717, 1.165) is 35.2 Å².